The Morgan fingerprint density at radius 3 is 2.57 bits per heavy atom. The molecule has 0 radical (unpaired) electrons. The van der Waals surface area contributed by atoms with E-state index in [1.165, 1.54) is 18.4 Å². The lowest BCUT2D eigenvalue weighted by atomic mass is 9.79. The Balaban J connectivity index is 3.16. The second-order valence-corrected chi connectivity index (χ2v) is 4.21. The van der Waals surface area contributed by atoms with Gasteiger partial charge in [0.25, 0.3) is 0 Å². The highest BCUT2D eigenvalue weighted by molar-refractivity contribution is 6.07. The zero-order valence-corrected chi connectivity index (χ0v) is 11.8. The van der Waals surface area contributed by atoms with Crippen LogP contribution in [0.4, 0.5) is 0 Å². The molecule has 0 aliphatic rings. The van der Waals surface area contributed by atoms with E-state index in [0.29, 0.717) is 0 Å². The first-order chi connectivity index (χ1) is 10.0. The number of ether oxygens (including phenoxy) is 2. The summed E-state index contributed by atoms with van der Waals surface area (Å²) in [6.07, 6.45) is 0.215. The van der Waals surface area contributed by atoms with Gasteiger partial charge in [-0.05, 0) is 19.1 Å². The highest BCUT2D eigenvalue weighted by atomic mass is 16.6. The Bertz CT molecular complexity index is 557. The zero-order valence-electron chi connectivity index (χ0n) is 11.8. The number of rotatable bonds is 7. The van der Waals surface area contributed by atoms with E-state index in [2.05, 4.69) is 4.74 Å². The van der Waals surface area contributed by atoms with Gasteiger partial charge in [0, 0.05) is 6.42 Å². The number of nitrogens with zero attached hydrogens (tertiary/aromatic N) is 1. The maximum atomic E-state index is 12.1. The molecule has 0 saturated carbocycles. The molecule has 1 atom stereocenters. The van der Waals surface area contributed by atoms with E-state index >= 15 is 0 Å². The number of esters is 2. The van der Waals surface area contributed by atoms with Crippen molar-refractivity contribution in [3.05, 3.63) is 24.2 Å². The molecule has 7 heteroatoms. The van der Waals surface area contributed by atoms with Gasteiger partial charge in [-0.3, -0.25) is 14.4 Å². The molecule has 1 heterocycles. The predicted octanol–water partition coefficient (Wildman–Crippen LogP) is 1.49. The number of carbonyl (C=O) groups is 3. The van der Waals surface area contributed by atoms with Crippen molar-refractivity contribution in [1.29, 1.82) is 5.26 Å². The first-order valence-corrected chi connectivity index (χ1v) is 6.21. The molecule has 7 nitrogen and oxygen atoms in total. The minimum Gasteiger partial charge on any atom is -0.468 e. The summed E-state index contributed by atoms with van der Waals surface area (Å²) in [5.74, 6) is -2.54. The Kier molecular flexibility index (Phi) is 5.67. The van der Waals surface area contributed by atoms with Gasteiger partial charge in [0.15, 0.2) is 17.0 Å². The van der Waals surface area contributed by atoms with Crippen molar-refractivity contribution in [2.75, 3.05) is 13.7 Å². The predicted molar refractivity (Wildman–Crippen MR) is 69.0 cm³/mol. The summed E-state index contributed by atoms with van der Waals surface area (Å²) in [6.45, 7) is 1.57. The number of furan rings is 1. The van der Waals surface area contributed by atoms with Crippen LogP contribution in [0.15, 0.2) is 22.8 Å². The summed E-state index contributed by atoms with van der Waals surface area (Å²) in [4.78, 5) is 36.2. The van der Waals surface area contributed by atoms with Gasteiger partial charge in [0.2, 0.25) is 0 Å². The molecule has 0 aromatic carbocycles. The molecular formula is C14H15NO6. The van der Waals surface area contributed by atoms with E-state index in [1.807, 2.05) is 0 Å². The lowest BCUT2D eigenvalue weighted by Crippen LogP contribution is -2.43. The van der Waals surface area contributed by atoms with Gasteiger partial charge < -0.3 is 13.9 Å². The lowest BCUT2D eigenvalue weighted by molar-refractivity contribution is -0.170. The highest BCUT2D eigenvalue weighted by Gasteiger charge is 2.50. The molecule has 112 valence electrons. The van der Waals surface area contributed by atoms with Crippen LogP contribution in [-0.4, -0.2) is 31.4 Å². The van der Waals surface area contributed by atoms with E-state index in [4.69, 9.17) is 14.4 Å². The quantitative estimate of drug-likeness (QED) is 0.426. The molecule has 1 aromatic rings. The Labute approximate surface area is 121 Å². The van der Waals surface area contributed by atoms with Crippen LogP contribution in [0.5, 0.6) is 0 Å². The minimum absolute atomic E-state index is 0.00878. The van der Waals surface area contributed by atoms with Crippen molar-refractivity contribution in [2.24, 2.45) is 5.41 Å². The molecule has 0 fully saturated rings. The van der Waals surface area contributed by atoms with Crippen LogP contribution in [0.2, 0.25) is 0 Å². The van der Waals surface area contributed by atoms with Crippen LogP contribution in [0, 0.1) is 16.7 Å². The molecule has 0 bridgehead atoms. The van der Waals surface area contributed by atoms with Gasteiger partial charge in [-0.25, -0.2) is 0 Å². The topological polar surface area (TPSA) is 107 Å². The van der Waals surface area contributed by atoms with Crippen molar-refractivity contribution in [2.45, 2.75) is 19.8 Å². The minimum atomic E-state index is -1.98. The summed E-state index contributed by atoms with van der Waals surface area (Å²) in [7, 11) is 1.07. The second kappa shape index (κ2) is 7.24. The van der Waals surface area contributed by atoms with Crippen molar-refractivity contribution in [3.63, 3.8) is 0 Å². The fourth-order valence-corrected chi connectivity index (χ4v) is 1.83. The number of nitriles is 1. The van der Waals surface area contributed by atoms with Crippen LogP contribution in [-0.2, 0) is 19.1 Å². The van der Waals surface area contributed by atoms with Crippen molar-refractivity contribution in [1.82, 2.24) is 0 Å². The maximum Gasteiger partial charge on any atom is 0.325 e. The largest absolute Gasteiger partial charge is 0.468 e. The zero-order chi connectivity index (χ0) is 15.9. The summed E-state index contributed by atoms with van der Waals surface area (Å²) in [6, 6.07) is 4.64. The molecular weight excluding hydrogens is 278 g/mol. The van der Waals surface area contributed by atoms with Gasteiger partial charge in [-0.2, -0.15) is 5.26 Å². The molecule has 21 heavy (non-hydrogen) atoms. The van der Waals surface area contributed by atoms with E-state index in [1.54, 1.807) is 13.0 Å². The maximum absolute atomic E-state index is 12.1. The number of methoxy groups -OCH3 is 1. The smallest absolute Gasteiger partial charge is 0.325 e. The van der Waals surface area contributed by atoms with Gasteiger partial charge >= 0.3 is 11.9 Å². The van der Waals surface area contributed by atoms with Crippen LogP contribution < -0.4 is 0 Å². The van der Waals surface area contributed by atoms with Crippen LogP contribution in [0.1, 0.15) is 30.3 Å². The normalized spacial score (nSPS) is 12.8. The van der Waals surface area contributed by atoms with Gasteiger partial charge in [0.05, 0.1) is 32.5 Å². The molecule has 1 aromatic heterocycles. The number of Topliss-reactive ketones (excluding diaryl/α,β-unsaturated/α-hetero) is 1. The van der Waals surface area contributed by atoms with Crippen molar-refractivity contribution >= 4 is 17.7 Å². The molecule has 0 N–H and O–H groups in total. The third-order valence-corrected chi connectivity index (χ3v) is 2.88. The van der Waals surface area contributed by atoms with E-state index in [0.717, 1.165) is 7.11 Å². The Morgan fingerprint density at radius 2 is 2.10 bits per heavy atom. The highest BCUT2D eigenvalue weighted by Crippen LogP contribution is 2.32. The average molecular weight is 293 g/mol. The Hall–Kier alpha value is -2.62. The molecule has 0 aliphatic carbocycles. The van der Waals surface area contributed by atoms with Crippen molar-refractivity contribution < 1.29 is 28.3 Å². The van der Waals surface area contributed by atoms with Crippen molar-refractivity contribution in [3.8, 4) is 6.07 Å². The van der Waals surface area contributed by atoms with E-state index < -0.39 is 36.0 Å². The second-order valence-electron chi connectivity index (χ2n) is 4.21. The fraction of sp³-hybridized carbons (Fsp3) is 0.429. The number of hydrogen-bond donors (Lipinski definition) is 0. The lowest BCUT2D eigenvalue weighted by Gasteiger charge is -2.25. The number of hydrogen-bond acceptors (Lipinski definition) is 7. The van der Waals surface area contributed by atoms with E-state index in [9.17, 15) is 14.4 Å². The first-order valence-electron chi connectivity index (χ1n) is 6.21. The van der Waals surface area contributed by atoms with E-state index in [-0.39, 0.29) is 12.4 Å². The standard InChI is InChI=1S/C14H15NO6/c1-3-20-13(18)14(6-7-15,12(17)19-2)9-10(16)11-5-4-8-21-11/h4-5,8H,3,6,9H2,1-2H3. The van der Waals surface area contributed by atoms with Crippen LogP contribution in [0.3, 0.4) is 0 Å². The summed E-state index contributed by atoms with van der Waals surface area (Å²) in [5, 5.41) is 8.91. The molecule has 0 amide bonds. The third kappa shape index (κ3) is 3.48. The molecule has 0 saturated heterocycles. The molecule has 1 unspecified atom stereocenters. The summed E-state index contributed by atoms with van der Waals surface area (Å²) in [5.41, 5.74) is -1.98. The summed E-state index contributed by atoms with van der Waals surface area (Å²) >= 11 is 0. The molecule has 0 aliphatic heterocycles. The number of ketones is 1. The fourth-order valence-electron chi connectivity index (χ4n) is 1.83. The van der Waals surface area contributed by atoms with Gasteiger partial charge in [-0.1, -0.05) is 0 Å². The monoisotopic (exact) mass is 293 g/mol. The van der Waals surface area contributed by atoms with Gasteiger partial charge in [-0.15, -0.1) is 0 Å². The Morgan fingerprint density at radius 1 is 1.38 bits per heavy atom. The average Bonchev–Trinajstić information content (AvgIpc) is 3.00. The molecule has 1 rings (SSSR count). The third-order valence-electron chi connectivity index (χ3n) is 2.88. The summed E-state index contributed by atoms with van der Waals surface area (Å²) < 4.78 is 14.3. The SMILES string of the molecule is CCOC(=O)C(CC#N)(CC(=O)c1ccco1)C(=O)OC. The molecule has 0 spiro atoms. The van der Waals surface area contributed by atoms with Crippen LogP contribution in [0.25, 0.3) is 0 Å². The van der Waals surface area contributed by atoms with Gasteiger partial charge in [0.1, 0.15) is 0 Å². The number of carbonyl (C=O) groups excluding carboxylic acids is 3. The first kappa shape index (κ1) is 16.4. The van der Waals surface area contributed by atoms with Crippen LogP contribution >= 0.6 is 0 Å².